The van der Waals surface area contributed by atoms with Gasteiger partial charge in [0.15, 0.2) is 0 Å². The van der Waals surface area contributed by atoms with E-state index >= 15 is 0 Å². The Labute approximate surface area is 103 Å². The van der Waals surface area contributed by atoms with Crippen molar-refractivity contribution in [2.45, 2.75) is 51.3 Å². The lowest BCUT2D eigenvalue weighted by molar-refractivity contribution is -0.146. The number of rotatable bonds is 7. The fourth-order valence-electron chi connectivity index (χ4n) is 1.24. The van der Waals surface area contributed by atoms with Crippen molar-refractivity contribution >= 4 is 17.7 Å². The molecule has 0 aliphatic rings. The van der Waals surface area contributed by atoms with Crippen LogP contribution in [0.2, 0.25) is 0 Å². The number of nitrogens with two attached hydrogens (primary N) is 1. The van der Waals surface area contributed by atoms with Gasteiger partial charge in [-0.1, -0.05) is 20.8 Å². The van der Waals surface area contributed by atoms with Crippen LogP contribution in [0.3, 0.4) is 0 Å². The Balaban J connectivity index is 3.78. The summed E-state index contributed by atoms with van der Waals surface area (Å²) in [7, 11) is 1.38. The number of carbonyl (C=O) groups excluding carboxylic acids is 1. The number of hydrogen-bond acceptors (Lipinski definition) is 4. The average molecular weight is 247 g/mol. The quantitative estimate of drug-likeness (QED) is 0.554. The molecule has 4 heteroatoms. The molecule has 0 radical (unpaired) electrons. The van der Waals surface area contributed by atoms with Crippen LogP contribution < -0.4 is 5.73 Å². The van der Waals surface area contributed by atoms with Crippen molar-refractivity contribution in [2.75, 3.05) is 12.9 Å². The van der Waals surface area contributed by atoms with E-state index in [0.717, 1.165) is 12.2 Å². The Morgan fingerprint density at radius 1 is 1.44 bits per heavy atom. The molecule has 16 heavy (non-hydrogen) atoms. The fourth-order valence-corrected chi connectivity index (χ4v) is 2.30. The number of carbonyl (C=O) groups is 1. The molecule has 0 saturated heterocycles. The van der Waals surface area contributed by atoms with Crippen LogP contribution in [0.5, 0.6) is 0 Å². The first-order chi connectivity index (χ1) is 7.31. The van der Waals surface area contributed by atoms with E-state index in [-0.39, 0.29) is 5.97 Å². The van der Waals surface area contributed by atoms with Crippen molar-refractivity contribution in [3.05, 3.63) is 0 Å². The number of methoxy groups -OCH3 is 1. The molecule has 0 amide bonds. The molecule has 0 aliphatic carbocycles. The van der Waals surface area contributed by atoms with Gasteiger partial charge in [0.1, 0.15) is 5.54 Å². The van der Waals surface area contributed by atoms with E-state index < -0.39 is 5.54 Å². The summed E-state index contributed by atoms with van der Waals surface area (Å²) < 4.78 is 4.66. The summed E-state index contributed by atoms with van der Waals surface area (Å²) in [5, 5.41) is 0.655. The summed E-state index contributed by atoms with van der Waals surface area (Å²) in [5.74, 6) is 1.41. The predicted molar refractivity (Wildman–Crippen MR) is 70.6 cm³/mol. The highest BCUT2D eigenvalue weighted by molar-refractivity contribution is 7.99. The normalized spacial score (nSPS) is 16.9. The molecule has 0 heterocycles. The molecular weight excluding hydrogens is 222 g/mol. The summed E-state index contributed by atoms with van der Waals surface area (Å²) >= 11 is 1.94. The molecule has 0 saturated carbocycles. The van der Waals surface area contributed by atoms with Gasteiger partial charge in [-0.05, 0) is 31.4 Å². The van der Waals surface area contributed by atoms with Crippen molar-refractivity contribution in [2.24, 2.45) is 11.7 Å². The molecule has 0 aromatic heterocycles. The van der Waals surface area contributed by atoms with Gasteiger partial charge < -0.3 is 10.5 Å². The molecule has 0 aromatic carbocycles. The lowest BCUT2D eigenvalue weighted by Gasteiger charge is -2.21. The summed E-state index contributed by atoms with van der Waals surface area (Å²) in [6, 6.07) is 0. The minimum absolute atomic E-state index is 0.325. The van der Waals surface area contributed by atoms with Gasteiger partial charge in [0, 0.05) is 5.25 Å². The van der Waals surface area contributed by atoms with Crippen molar-refractivity contribution in [1.82, 2.24) is 0 Å². The molecule has 0 aromatic rings. The molecule has 0 rings (SSSR count). The number of esters is 1. The minimum Gasteiger partial charge on any atom is -0.468 e. The fraction of sp³-hybridized carbons (Fsp3) is 0.917. The second-order valence-electron chi connectivity index (χ2n) is 4.83. The summed E-state index contributed by atoms with van der Waals surface area (Å²) in [4.78, 5) is 11.3. The van der Waals surface area contributed by atoms with E-state index in [0.29, 0.717) is 17.6 Å². The van der Waals surface area contributed by atoms with Crippen LogP contribution in [0, 0.1) is 5.92 Å². The van der Waals surface area contributed by atoms with Crippen molar-refractivity contribution in [3.8, 4) is 0 Å². The molecule has 0 aliphatic heterocycles. The summed E-state index contributed by atoms with van der Waals surface area (Å²) in [5.41, 5.74) is 5.03. The Bertz CT molecular complexity index is 217. The van der Waals surface area contributed by atoms with Gasteiger partial charge in [-0.15, -0.1) is 0 Å². The largest absolute Gasteiger partial charge is 0.468 e. The highest BCUT2D eigenvalue weighted by Crippen LogP contribution is 2.21. The first-order valence-electron chi connectivity index (χ1n) is 5.80. The van der Waals surface area contributed by atoms with Gasteiger partial charge >= 0.3 is 5.97 Å². The van der Waals surface area contributed by atoms with Crippen LogP contribution in [0.4, 0.5) is 0 Å². The lowest BCUT2D eigenvalue weighted by Crippen LogP contribution is -2.45. The van der Waals surface area contributed by atoms with Crippen LogP contribution in [-0.4, -0.2) is 29.6 Å². The summed E-state index contributed by atoms with van der Waals surface area (Å²) in [6.45, 7) is 8.41. The molecule has 0 bridgehead atoms. The molecule has 0 spiro atoms. The maximum absolute atomic E-state index is 11.3. The SMILES string of the molecule is COC(=O)C(C)(N)CCCSC(C)C(C)C. The van der Waals surface area contributed by atoms with Gasteiger partial charge in [-0.2, -0.15) is 11.8 Å². The van der Waals surface area contributed by atoms with Crippen molar-refractivity contribution in [1.29, 1.82) is 0 Å². The van der Waals surface area contributed by atoms with E-state index in [2.05, 4.69) is 25.5 Å². The van der Waals surface area contributed by atoms with Crippen molar-refractivity contribution in [3.63, 3.8) is 0 Å². The number of ether oxygens (including phenoxy) is 1. The Kier molecular flexibility index (Phi) is 7.07. The number of thioether (sulfide) groups is 1. The third kappa shape index (κ3) is 5.75. The summed E-state index contributed by atoms with van der Waals surface area (Å²) in [6.07, 6.45) is 1.63. The van der Waals surface area contributed by atoms with E-state index in [1.165, 1.54) is 7.11 Å². The topological polar surface area (TPSA) is 52.3 Å². The zero-order valence-electron chi connectivity index (χ0n) is 11.1. The molecule has 2 atom stereocenters. The van der Waals surface area contributed by atoms with Crippen LogP contribution >= 0.6 is 11.8 Å². The third-order valence-electron chi connectivity index (χ3n) is 2.81. The Hall–Kier alpha value is -0.220. The van der Waals surface area contributed by atoms with Gasteiger partial charge in [0.25, 0.3) is 0 Å². The van der Waals surface area contributed by atoms with Gasteiger partial charge in [-0.3, -0.25) is 4.79 Å². The average Bonchev–Trinajstić information content (AvgIpc) is 2.22. The molecule has 0 fully saturated rings. The molecular formula is C12H25NO2S. The highest BCUT2D eigenvalue weighted by atomic mass is 32.2. The standard InChI is InChI=1S/C12H25NO2S/c1-9(2)10(3)16-8-6-7-12(4,13)11(14)15-5/h9-10H,6-8,13H2,1-5H3. The van der Waals surface area contributed by atoms with Crippen LogP contribution in [0.25, 0.3) is 0 Å². The highest BCUT2D eigenvalue weighted by Gasteiger charge is 2.28. The van der Waals surface area contributed by atoms with E-state index in [1.54, 1.807) is 6.92 Å². The van der Waals surface area contributed by atoms with Crippen molar-refractivity contribution < 1.29 is 9.53 Å². The third-order valence-corrected chi connectivity index (χ3v) is 4.41. The second-order valence-corrected chi connectivity index (χ2v) is 6.32. The first kappa shape index (κ1) is 15.8. The maximum Gasteiger partial charge on any atom is 0.325 e. The lowest BCUT2D eigenvalue weighted by atomic mass is 9.98. The van der Waals surface area contributed by atoms with E-state index in [1.807, 2.05) is 11.8 Å². The Morgan fingerprint density at radius 3 is 2.44 bits per heavy atom. The predicted octanol–water partition coefficient (Wildman–Crippen LogP) is 2.43. The number of hydrogen-bond donors (Lipinski definition) is 1. The second kappa shape index (κ2) is 7.17. The van der Waals surface area contributed by atoms with E-state index in [4.69, 9.17) is 5.73 Å². The van der Waals surface area contributed by atoms with Crippen LogP contribution in [-0.2, 0) is 9.53 Å². The van der Waals surface area contributed by atoms with E-state index in [9.17, 15) is 4.79 Å². The maximum atomic E-state index is 11.3. The zero-order valence-corrected chi connectivity index (χ0v) is 11.9. The molecule has 2 N–H and O–H groups in total. The first-order valence-corrected chi connectivity index (χ1v) is 6.85. The molecule has 3 nitrogen and oxygen atoms in total. The smallest absolute Gasteiger partial charge is 0.325 e. The molecule has 96 valence electrons. The van der Waals surface area contributed by atoms with Crippen LogP contribution in [0.1, 0.15) is 40.5 Å². The minimum atomic E-state index is -0.837. The zero-order chi connectivity index (χ0) is 12.8. The monoisotopic (exact) mass is 247 g/mol. The van der Waals surface area contributed by atoms with Gasteiger partial charge in [-0.25, -0.2) is 0 Å². The van der Waals surface area contributed by atoms with Crippen LogP contribution in [0.15, 0.2) is 0 Å². The van der Waals surface area contributed by atoms with Gasteiger partial charge in [0.2, 0.25) is 0 Å². The van der Waals surface area contributed by atoms with Gasteiger partial charge in [0.05, 0.1) is 7.11 Å². The Morgan fingerprint density at radius 2 is 2.00 bits per heavy atom. The molecule has 2 unspecified atom stereocenters.